The van der Waals surface area contributed by atoms with Gasteiger partial charge in [0.05, 0.1) is 23.2 Å². The van der Waals surface area contributed by atoms with Crippen molar-refractivity contribution in [2.45, 2.75) is 45.6 Å². The van der Waals surface area contributed by atoms with E-state index in [0.717, 1.165) is 28.0 Å². The first kappa shape index (κ1) is 27.1. The SMILES string of the molecule is Cc1cc(COc2ccc(Cl)cc2)c(C)c(C2C(C#N)=C(N)N(c3cc(Cl)cc(Cl)c3)C3=C2C(=O)CCC3)c1. The average Bonchev–Trinajstić information content (AvgIpc) is 2.89. The molecule has 0 saturated carbocycles. The number of rotatable bonds is 5. The molecule has 0 saturated heterocycles. The quantitative estimate of drug-likeness (QED) is 0.330. The van der Waals surface area contributed by atoms with Crippen molar-refractivity contribution in [2.24, 2.45) is 5.73 Å². The van der Waals surface area contributed by atoms with Crippen molar-refractivity contribution >= 4 is 46.3 Å². The van der Waals surface area contributed by atoms with Gasteiger partial charge in [-0.3, -0.25) is 9.69 Å². The maximum atomic E-state index is 13.6. The molecule has 0 aromatic heterocycles. The number of nitrogens with zero attached hydrogens (tertiary/aromatic N) is 2. The zero-order valence-corrected chi connectivity index (χ0v) is 23.8. The molecule has 8 heteroatoms. The lowest BCUT2D eigenvalue weighted by Gasteiger charge is -2.40. The number of Topliss-reactive ketones (excluding diaryl/α,β-unsaturated/α-hetero) is 1. The summed E-state index contributed by atoms with van der Waals surface area (Å²) in [5.74, 6) is 0.399. The summed E-state index contributed by atoms with van der Waals surface area (Å²) in [7, 11) is 0. The molecule has 5 rings (SSSR count). The lowest BCUT2D eigenvalue weighted by molar-refractivity contribution is -0.116. The van der Waals surface area contributed by atoms with E-state index in [1.165, 1.54) is 0 Å². The van der Waals surface area contributed by atoms with Crippen LogP contribution in [-0.4, -0.2) is 5.78 Å². The Bertz CT molecular complexity index is 1570. The first-order valence-electron chi connectivity index (χ1n) is 12.6. The number of anilines is 1. The Kier molecular flexibility index (Phi) is 7.64. The second-order valence-electron chi connectivity index (χ2n) is 9.82. The van der Waals surface area contributed by atoms with E-state index in [2.05, 4.69) is 12.1 Å². The molecule has 5 nitrogen and oxygen atoms in total. The molecule has 0 amide bonds. The normalized spacial score (nSPS) is 17.3. The number of nitriles is 1. The van der Waals surface area contributed by atoms with Crippen molar-refractivity contribution in [3.8, 4) is 11.8 Å². The van der Waals surface area contributed by atoms with Crippen molar-refractivity contribution in [3.63, 3.8) is 0 Å². The van der Waals surface area contributed by atoms with Crippen LogP contribution in [0.1, 0.15) is 47.4 Å². The first-order chi connectivity index (χ1) is 18.7. The van der Waals surface area contributed by atoms with Crippen LogP contribution in [0.4, 0.5) is 5.69 Å². The highest BCUT2D eigenvalue weighted by atomic mass is 35.5. The maximum absolute atomic E-state index is 13.6. The summed E-state index contributed by atoms with van der Waals surface area (Å²) in [5.41, 5.74) is 12.8. The van der Waals surface area contributed by atoms with E-state index in [9.17, 15) is 10.1 Å². The summed E-state index contributed by atoms with van der Waals surface area (Å²) in [6.07, 6.45) is 1.74. The Morgan fingerprint density at radius 1 is 1.00 bits per heavy atom. The van der Waals surface area contributed by atoms with Gasteiger partial charge in [0.2, 0.25) is 0 Å². The lowest BCUT2D eigenvalue weighted by atomic mass is 9.73. The number of carbonyl (C=O) groups is 1. The monoisotopic (exact) mass is 577 g/mol. The van der Waals surface area contributed by atoms with Gasteiger partial charge in [0.15, 0.2) is 5.78 Å². The van der Waals surface area contributed by atoms with E-state index in [4.69, 9.17) is 45.3 Å². The standard InChI is InChI=1S/C31H26Cl3N3O2/c1-17-10-19(16-39-24-8-6-20(32)7-9-24)18(2)25(11-17)29-26(15-35)31(36)37(23-13-21(33)12-22(34)14-23)27-4-3-5-28(38)30(27)29/h6-14,29H,3-5,16,36H2,1-2H3. The van der Waals surface area contributed by atoms with E-state index in [1.807, 2.05) is 32.0 Å². The Balaban J connectivity index is 1.64. The van der Waals surface area contributed by atoms with Crippen molar-refractivity contribution in [1.82, 2.24) is 0 Å². The molecule has 1 aliphatic heterocycles. The Hall–Kier alpha value is -3.43. The molecule has 1 unspecified atom stereocenters. The number of ketones is 1. The molecule has 3 aromatic carbocycles. The van der Waals surface area contributed by atoms with Crippen LogP contribution in [0.5, 0.6) is 5.75 Å². The van der Waals surface area contributed by atoms with E-state index < -0.39 is 5.92 Å². The molecular weight excluding hydrogens is 553 g/mol. The Morgan fingerprint density at radius 2 is 1.69 bits per heavy atom. The number of hydrogen-bond donors (Lipinski definition) is 1. The third-order valence-corrected chi connectivity index (χ3v) is 7.93. The van der Waals surface area contributed by atoms with Crippen LogP contribution in [-0.2, 0) is 11.4 Å². The minimum absolute atomic E-state index is 0.0134. The van der Waals surface area contributed by atoms with E-state index in [1.54, 1.807) is 35.2 Å². The molecule has 0 bridgehead atoms. The summed E-state index contributed by atoms with van der Waals surface area (Å²) in [4.78, 5) is 15.3. The largest absolute Gasteiger partial charge is 0.489 e. The number of carbonyl (C=O) groups excluding carboxylic acids is 1. The first-order valence-corrected chi connectivity index (χ1v) is 13.7. The summed E-state index contributed by atoms with van der Waals surface area (Å²) in [6, 6.07) is 18.7. The zero-order chi connectivity index (χ0) is 27.8. The van der Waals surface area contributed by atoms with Crippen molar-refractivity contribution < 1.29 is 9.53 Å². The number of ether oxygens (including phenoxy) is 1. The van der Waals surface area contributed by atoms with Crippen LogP contribution < -0.4 is 15.4 Å². The molecule has 198 valence electrons. The lowest BCUT2D eigenvalue weighted by Crippen LogP contribution is -2.39. The third kappa shape index (κ3) is 5.25. The highest BCUT2D eigenvalue weighted by Gasteiger charge is 2.41. The number of halogens is 3. The van der Waals surface area contributed by atoms with Gasteiger partial charge in [0, 0.05) is 32.8 Å². The number of aryl methyl sites for hydroxylation is 1. The zero-order valence-electron chi connectivity index (χ0n) is 21.5. The van der Waals surface area contributed by atoms with Gasteiger partial charge in [-0.15, -0.1) is 0 Å². The van der Waals surface area contributed by atoms with Gasteiger partial charge in [-0.05, 0) is 85.8 Å². The van der Waals surface area contributed by atoms with Gasteiger partial charge < -0.3 is 10.5 Å². The molecule has 0 radical (unpaired) electrons. The van der Waals surface area contributed by atoms with Gasteiger partial charge in [-0.25, -0.2) is 0 Å². The molecule has 0 spiro atoms. The maximum Gasteiger partial charge on any atom is 0.161 e. The minimum Gasteiger partial charge on any atom is -0.489 e. The summed E-state index contributed by atoms with van der Waals surface area (Å²) in [6.45, 7) is 4.31. The van der Waals surface area contributed by atoms with Gasteiger partial charge in [0.1, 0.15) is 18.2 Å². The van der Waals surface area contributed by atoms with Crippen molar-refractivity contribution in [2.75, 3.05) is 4.90 Å². The molecule has 1 atom stereocenters. The molecule has 1 heterocycles. The fourth-order valence-electron chi connectivity index (χ4n) is 5.47. The molecule has 39 heavy (non-hydrogen) atoms. The van der Waals surface area contributed by atoms with Crippen LogP contribution in [0.25, 0.3) is 0 Å². The van der Waals surface area contributed by atoms with Gasteiger partial charge in [0.25, 0.3) is 0 Å². The topological polar surface area (TPSA) is 79.3 Å². The van der Waals surface area contributed by atoms with Gasteiger partial charge in [-0.2, -0.15) is 5.26 Å². The van der Waals surface area contributed by atoms with E-state index in [0.29, 0.717) is 63.5 Å². The number of allylic oxidation sites excluding steroid dienone is 3. The Labute approximate surface area is 243 Å². The summed E-state index contributed by atoms with van der Waals surface area (Å²) in [5, 5.41) is 11.9. The minimum atomic E-state index is -0.585. The summed E-state index contributed by atoms with van der Waals surface area (Å²) < 4.78 is 6.05. The van der Waals surface area contributed by atoms with Crippen LogP contribution in [0.3, 0.4) is 0 Å². The van der Waals surface area contributed by atoms with Crippen LogP contribution in [0.15, 0.2) is 77.3 Å². The van der Waals surface area contributed by atoms with Gasteiger partial charge in [-0.1, -0.05) is 52.5 Å². The highest BCUT2D eigenvalue weighted by molar-refractivity contribution is 6.35. The van der Waals surface area contributed by atoms with Crippen LogP contribution >= 0.6 is 34.8 Å². The Morgan fingerprint density at radius 3 is 2.36 bits per heavy atom. The number of benzene rings is 3. The molecule has 0 fully saturated rings. The molecule has 2 aliphatic rings. The predicted octanol–water partition coefficient (Wildman–Crippen LogP) is 8.15. The highest BCUT2D eigenvalue weighted by Crippen LogP contribution is 2.48. The average molecular weight is 579 g/mol. The molecular formula is C31H26Cl3N3O2. The molecule has 1 aliphatic carbocycles. The fourth-order valence-corrected chi connectivity index (χ4v) is 6.11. The molecule has 2 N–H and O–H groups in total. The number of hydrogen-bond acceptors (Lipinski definition) is 5. The third-order valence-electron chi connectivity index (χ3n) is 7.24. The fraction of sp³-hybridized carbons (Fsp3) is 0.226. The van der Waals surface area contributed by atoms with Crippen molar-refractivity contribution in [1.29, 1.82) is 5.26 Å². The smallest absolute Gasteiger partial charge is 0.161 e. The second kappa shape index (κ2) is 11.0. The van der Waals surface area contributed by atoms with E-state index >= 15 is 0 Å². The summed E-state index contributed by atoms with van der Waals surface area (Å²) >= 11 is 18.6. The molecule has 3 aromatic rings. The number of nitrogens with two attached hydrogens (primary N) is 1. The van der Waals surface area contributed by atoms with E-state index in [-0.39, 0.29) is 11.6 Å². The van der Waals surface area contributed by atoms with Gasteiger partial charge >= 0.3 is 0 Å². The predicted molar refractivity (Wildman–Crippen MR) is 156 cm³/mol. The van der Waals surface area contributed by atoms with Crippen LogP contribution in [0, 0.1) is 25.2 Å². The van der Waals surface area contributed by atoms with Crippen LogP contribution in [0.2, 0.25) is 15.1 Å². The second-order valence-corrected chi connectivity index (χ2v) is 11.1. The van der Waals surface area contributed by atoms with Crippen molar-refractivity contribution in [3.05, 3.63) is 115 Å².